The Morgan fingerprint density at radius 1 is 0.857 bits per heavy atom. The number of rotatable bonds is 2. The lowest BCUT2D eigenvalue weighted by atomic mass is 9.92. The molecule has 14 heavy (non-hydrogen) atoms. The van der Waals surface area contributed by atoms with Gasteiger partial charge in [-0.05, 0) is 62.9 Å². The Labute approximate surface area is 87.2 Å². The van der Waals surface area contributed by atoms with Gasteiger partial charge in [-0.1, -0.05) is 0 Å². The summed E-state index contributed by atoms with van der Waals surface area (Å²) in [6.45, 7) is 2.71. The first-order valence-corrected chi connectivity index (χ1v) is 6.42. The SMILES string of the molecule is C1CCC(N2CCCC2)=C(C2CC2)C1. The van der Waals surface area contributed by atoms with E-state index in [4.69, 9.17) is 0 Å². The Bertz CT molecular complexity index is 244. The van der Waals surface area contributed by atoms with Crippen LogP contribution in [0.15, 0.2) is 11.3 Å². The minimum atomic E-state index is 1.02. The second-order valence-electron chi connectivity index (χ2n) is 5.15. The van der Waals surface area contributed by atoms with Gasteiger partial charge in [0.05, 0.1) is 0 Å². The summed E-state index contributed by atoms with van der Waals surface area (Å²) in [5.74, 6) is 1.02. The Morgan fingerprint density at radius 3 is 2.29 bits per heavy atom. The highest BCUT2D eigenvalue weighted by molar-refractivity contribution is 5.23. The van der Waals surface area contributed by atoms with E-state index in [2.05, 4.69) is 4.90 Å². The molecule has 0 radical (unpaired) electrons. The molecule has 0 amide bonds. The normalized spacial score (nSPS) is 28.7. The molecule has 1 heteroatoms. The van der Waals surface area contributed by atoms with Crippen molar-refractivity contribution in [1.82, 2.24) is 4.90 Å². The lowest BCUT2D eigenvalue weighted by Crippen LogP contribution is -2.22. The van der Waals surface area contributed by atoms with Crippen LogP contribution in [-0.4, -0.2) is 18.0 Å². The van der Waals surface area contributed by atoms with Gasteiger partial charge >= 0.3 is 0 Å². The number of hydrogen-bond acceptors (Lipinski definition) is 1. The van der Waals surface area contributed by atoms with Crippen LogP contribution in [-0.2, 0) is 0 Å². The molecule has 3 rings (SSSR count). The number of hydrogen-bond donors (Lipinski definition) is 0. The van der Waals surface area contributed by atoms with E-state index in [9.17, 15) is 0 Å². The summed E-state index contributed by atoms with van der Waals surface area (Å²) in [5, 5.41) is 0. The fourth-order valence-corrected chi connectivity index (χ4v) is 3.13. The largest absolute Gasteiger partial charge is 0.375 e. The van der Waals surface area contributed by atoms with E-state index in [1.807, 2.05) is 5.57 Å². The Balaban J connectivity index is 1.83. The Hall–Kier alpha value is -0.460. The molecule has 0 aromatic rings. The van der Waals surface area contributed by atoms with Crippen LogP contribution in [0.4, 0.5) is 0 Å². The van der Waals surface area contributed by atoms with Crippen LogP contribution in [0.25, 0.3) is 0 Å². The van der Waals surface area contributed by atoms with Crippen molar-refractivity contribution in [1.29, 1.82) is 0 Å². The van der Waals surface area contributed by atoms with Crippen molar-refractivity contribution in [2.24, 2.45) is 5.92 Å². The molecule has 2 fully saturated rings. The van der Waals surface area contributed by atoms with E-state index in [0.717, 1.165) is 5.92 Å². The third-order valence-corrected chi connectivity index (χ3v) is 4.04. The lowest BCUT2D eigenvalue weighted by molar-refractivity contribution is 0.380. The molecule has 0 aromatic heterocycles. The predicted octanol–water partition coefficient (Wildman–Crippen LogP) is 3.32. The maximum absolute atomic E-state index is 2.70. The second kappa shape index (κ2) is 3.60. The van der Waals surface area contributed by atoms with Crippen molar-refractivity contribution in [3.63, 3.8) is 0 Å². The van der Waals surface area contributed by atoms with Gasteiger partial charge in [0, 0.05) is 18.8 Å². The summed E-state index contributed by atoms with van der Waals surface area (Å²) >= 11 is 0. The van der Waals surface area contributed by atoms with Gasteiger partial charge in [-0.2, -0.15) is 0 Å². The van der Waals surface area contributed by atoms with Gasteiger partial charge in [-0.25, -0.2) is 0 Å². The highest BCUT2D eigenvalue weighted by Crippen LogP contribution is 2.44. The summed E-state index contributed by atoms with van der Waals surface area (Å²) < 4.78 is 0. The van der Waals surface area contributed by atoms with Gasteiger partial charge in [0.2, 0.25) is 0 Å². The minimum Gasteiger partial charge on any atom is -0.375 e. The minimum absolute atomic E-state index is 1.02. The van der Waals surface area contributed by atoms with Crippen molar-refractivity contribution in [2.75, 3.05) is 13.1 Å². The van der Waals surface area contributed by atoms with Crippen LogP contribution in [0, 0.1) is 5.92 Å². The van der Waals surface area contributed by atoms with Crippen LogP contribution in [0.5, 0.6) is 0 Å². The average molecular weight is 191 g/mol. The highest BCUT2D eigenvalue weighted by atomic mass is 15.2. The van der Waals surface area contributed by atoms with Crippen molar-refractivity contribution < 1.29 is 0 Å². The van der Waals surface area contributed by atoms with E-state index < -0.39 is 0 Å². The van der Waals surface area contributed by atoms with Crippen molar-refractivity contribution in [3.8, 4) is 0 Å². The standard InChI is InChI=1S/C13H21N/c1-2-6-13(14-9-3-4-10-14)12(5-1)11-7-8-11/h11H,1-10H2. The van der Waals surface area contributed by atoms with Gasteiger partial charge in [-0.15, -0.1) is 0 Å². The molecule has 0 N–H and O–H groups in total. The molecular weight excluding hydrogens is 170 g/mol. The average Bonchev–Trinajstić information content (AvgIpc) is 2.94. The van der Waals surface area contributed by atoms with Gasteiger partial charge in [0.15, 0.2) is 0 Å². The zero-order valence-corrected chi connectivity index (χ0v) is 9.10. The van der Waals surface area contributed by atoms with Crippen LogP contribution >= 0.6 is 0 Å². The number of likely N-dealkylation sites (tertiary alicyclic amines) is 1. The van der Waals surface area contributed by atoms with E-state index >= 15 is 0 Å². The molecule has 1 saturated carbocycles. The number of allylic oxidation sites excluding steroid dienone is 2. The molecule has 0 spiro atoms. The highest BCUT2D eigenvalue weighted by Gasteiger charge is 2.31. The van der Waals surface area contributed by atoms with Crippen molar-refractivity contribution in [3.05, 3.63) is 11.3 Å². The molecule has 0 atom stereocenters. The van der Waals surface area contributed by atoms with Gasteiger partial charge in [-0.3, -0.25) is 0 Å². The second-order valence-corrected chi connectivity index (χ2v) is 5.15. The van der Waals surface area contributed by atoms with Gasteiger partial charge in [0.25, 0.3) is 0 Å². The predicted molar refractivity (Wildman–Crippen MR) is 59.0 cm³/mol. The van der Waals surface area contributed by atoms with Gasteiger partial charge < -0.3 is 4.90 Å². The topological polar surface area (TPSA) is 3.24 Å². The van der Waals surface area contributed by atoms with Gasteiger partial charge in [0.1, 0.15) is 0 Å². The maximum Gasteiger partial charge on any atom is 0.0175 e. The molecular formula is C13H21N. The zero-order chi connectivity index (χ0) is 9.38. The maximum atomic E-state index is 2.70. The zero-order valence-electron chi connectivity index (χ0n) is 9.10. The van der Waals surface area contributed by atoms with E-state index in [-0.39, 0.29) is 0 Å². The molecule has 0 bridgehead atoms. The third-order valence-electron chi connectivity index (χ3n) is 4.04. The Kier molecular flexibility index (Phi) is 2.27. The van der Waals surface area contributed by atoms with Crippen molar-refractivity contribution >= 4 is 0 Å². The lowest BCUT2D eigenvalue weighted by Gasteiger charge is -2.29. The summed E-state index contributed by atoms with van der Waals surface area (Å²) in [6, 6.07) is 0. The first-order chi connectivity index (χ1) is 6.95. The monoisotopic (exact) mass is 191 g/mol. The van der Waals surface area contributed by atoms with E-state index in [1.54, 1.807) is 5.70 Å². The molecule has 3 aliphatic rings. The molecule has 1 aliphatic heterocycles. The first kappa shape index (κ1) is 8.82. The molecule has 2 aliphatic carbocycles. The molecule has 0 unspecified atom stereocenters. The fraction of sp³-hybridized carbons (Fsp3) is 0.846. The van der Waals surface area contributed by atoms with E-state index in [1.165, 1.54) is 64.5 Å². The van der Waals surface area contributed by atoms with E-state index in [0.29, 0.717) is 0 Å². The third kappa shape index (κ3) is 1.57. The van der Waals surface area contributed by atoms with Crippen LogP contribution in [0.2, 0.25) is 0 Å². The van der Waals surface area contributed by atoms with Crippen molar-refractivity contribution in [2.45, 2.75) is 51.4 Å². The van der Waals surface area contributed by atoms with Crippen LogP contribution in [0.1, 0.15) is 51.4 Å². The number of nitrogens with zero attached hydrogens (tertiary/aromatic N) is 1. The Morgan fingerprint density at radius 2 is 1.57 bits per heavy atom. The fourth-order valence-electron chi connectivity index (χ4n) is 3.13. The summed E-state index contributed by atoms with van der Waals surface area (Å²) in [7, 11) is 0. The molecule has 78 valence electrons. The molecule has 1 saturated heterocycles. The quantitative estimate of drug-likeness (QED) is 0.647. The smallest absolute Gasteiger partial charge is 0.0175 e. The molecule has 1 heterocycles. The summed E-state index contributed by atoms with van der Waals surface area (Å²) in [4.78, 5) is 2.70. The van der Waals surface area contributed by atoms with Crippen LogP contribution in [0.3, 0.4) is 0 Å². The summed E-state index contributed by atoms with van der Waals surface area (Å²) in [5.41, 5.74) is 3.66. The first-order valence-electron chi connectivity index (χ1n) is 6.42. The summed E-state index contributed by atoms with van der Waals surface area (Å²) in [6.07, 6.45) is 11.6. The molecule has 1 nitrogen and oxygen atoms in total. The van der Waals surface area contributed by atoms with Crippen LogP contribution < -0.4 is 0 Å². The molecule has 0 aromatic carbocycles.